The minimum absolute atomic E-state index is 0.0144. The molecule has 7 nitrogen and oxygen atoms in total. The Morgan fingerprint density at radius 1 is 1.06 bits per heavy atom. The second-order valence-corrected chi connectivity index (χ2v) is 8.71. The summed E-state index contributed by atoms with van der Waals surface area (Å²) < 4.78 is 5.59. The van der Waals surface area contributed by atoms with Gasteiger partial charge in [0.25, 0.3) is 0 Å². The van der Waals surface area contributed by atoms with Gasteiger partial charge in [0.2, 0.25) is 5.91 Å². The van der Waals surface area contributed by atoms with E-state index in [2.05, 4.69) is 46.7 Å². The molecule has 3 atom stereocenters. The predicted molar refractivity (Wildman–Crippen MR) is 127 cm³/mol. The van der Waals surface area contributed by atoms with Crippen molar-refractivity contribution in [1.29, 1.82) is 0 Å². The molecule has 0 aromatic heterocycles. The van der Waals surface area contributed by atoms with E-state index in [0.29, 0.717) is 19.3 Å². The molecule has 2 aromatic rings. The summed E-state index contributed by atoms with van der Waals surface area (Å²) in [7, 11) is 0. The first-order valence-corrected chi connectivity index (χ1v) is 11.5. The van der Waals surface area contributed by atoms with Gasteiger partial charge in [-0.3, -0.25) is 4.79 Å². The van der Waals surface area contributed by atoms with Crippen LogP contribution in [-0.2, 0) is 14.3 Å². The van der Waals surface area contributed by atoms with E-state index in [0.717, 1.165) is 11.1 Å². The van der Waals surface area contributed by atoms with E-state index in [1.165, 1.54) is 11.1 Å². The highest BCUT2D eigenvalue weighted by atomic mass is 16.5. The van der Waals surface area contributed by atoms with Gasteiger partial charge in [-0.2, -0.15) is 0 Å². The second kappa shape index (κ2) is 10.4. The summed E-state index contributed by atoms with van der Waals surface area (Å²) in [6, 6.07) is 15.1. The summed E-state index contributed by atoms with van der Waals surface area (Å²) in [5.74, 6) is 3.54. The summed E-state index contributed by atoms with van der Waals surface area (Å²) >= 11 is 0. The van der Waals surface area contributed by atoms with Crippen molar-refractivity contribution < 1.29 is 24.2 Å². The van der Waals surface area contributed by atoms with E-state index in [1.807, 2.05) is 24.3 Å². The van der Waals surface area contributed by atoms with Gasteiger partial charge in [-0.25, -0.2) is 9.59 Å². The number of ether oxygens (including phenoxy) is 1. The maximum atomic E-state index is 12.5. The van der Waals surface area contributed by atoms with E-state index >= 15 is 0 Å². The lowest BCUT2D eigenvalue weighted by atomic mass is 9.98. The lowest BCUT2D eigenvalue weighted by Crippen LogP contribution is -2.43. The van der Waals surface area contributed by atoms with Crippen molar-refractivity contribution >= 4 is 18.0 Å². The normalized spacial score (nSPS) is 19.2. The number of rotatable bonds is 7. The van der Waals surface area contributed by atoms with E-state index in [9.17, 15) is 19.5 Å². The van der Waals surface area contributed by atoms with Crippen molar-refractivity contribution in [2.45, 2.75) is 50.6 Å². The first-order valence-electron chi connectivity index (χ1n) is 11.5. The number of fused-ring (bicyclic) bond motifs is 3. The number of carbonyl (C=O) groups is 3. The fourth-order valence-electron chi connectivity index (χ4n) is 4.85. The minimum atomic E-state index is -1.11. The molecule has 2 aromatic carbocycles. The molecule has 0 heterocycles. The minimum Gasteiger partial charge on any atom is -0.480 e. The number of hydrogen-bond donors (Lipinski definition) is 3. The molecule has 0 saturated heterocycles. The van der Waals surface area contributed by atoms with Crippen LogP contribution in [0.1, 0.15) is 49.7 Å². The first-order chi connectivity index (χ1) is 16.5. The molecule has 0 aliphatic heterocycles. The van der Waals surface area contributed by atoms with Gasteiger partial charge in [-0.1, -0.05) is 48.5 Å². The van der Waals surface area contributed by atoms with Crippen LogP contribution < -0.4 is 10.6 Å². The van der Waals surface area contributed by atoms with Crippen molar-refractivity contribution in [2.24, 2.45) is 5.92 Å². The molecule has 4 rings (SSSR count). The van der Waals surface area contributed by atoms with Gasteiger partial charge in [0.1, 0.15) is 12.6 Å². The number of amides is 2. The number of carbonyl (C=O) groups excluding carboxylic acids is 2. The Morgan fingerprint density at radius 2 is 1.71 bits per heavy atom. The predicted octanol–water partition coefficient (Wildman–Crippen LogP) is 3.68. The molecule has 2 amide bonds. The van der Waals surface area contributed by atoms with Gasteiger partial charge in [0, 0.05) is 24.3 Å². The zero-order valence-electron chi connectivity index (χ0n) is 19.0. The maximum absolute atomic E-state index is 12.5. The third kappa shape index (κ3) is 5.07. The van der Waals surface area contributed by atoms with Crippen LogP contribution in [0.15, 0.2) is 48.5 Å². The Bertz CT molecular complexity index is 1100. The Kier molecular flexibility index (Phi) is 7.17. The Morgan fingerprint density at radius 3 is 2.32 bits per heavy atom. The lowest BCUT2D eigenvalue weighted by Gasteiger charge is -2.18. The van der Waals surface area contributed by atoms with Crippen molar-refractivity contribution in [3.63, 3.8) is 0 Å². The quantitative estimate of drug-likeness (QED) is 0.547. The molecule has 0 radical (unpaired) electrons. The highest BCUT2D eigenvalue weighted by Crippen LogP contribution is 2.44. The number of carboxylic acids is 1. The van der Waals surface area contributed by atoms with Crippen LogP contribution in [0.3, 0.4) is 0 Å². The first kappa shape index (κ1) is 23.4. The Hall–Kier alpha value is -3.79. The largest absolute Gasteiger partial charge is 0.480 e. The van der Waals surface area contributed by atoms with Crippen LogP contribution in [0.4, 0.5) is 4.79 Å². The zero-order valence-corrected chi connectivity index (χ0v) is 19.0. The SMILES string of the molecule is CC#CCC(NC(=O)[C@@H]1CC[C@H](NC(=O)OCC2c3ccccc3-c3ccccc32)C1)C(=O)O. The van der Waals surface area contributed by atoms with Crippen LogP contribution in [0.2, 0.25) is 0 Å². The number of carboxylic acid groups (broad SMARTS) is 1. The summed E-state index contributed by atoms with van der Waals surface area (Å²) in [6.07, 6.45) is 1.21. The third-order valence-electron chi connectivity index (χ3n) is 6.57. The number of aliphatic carboxylic acids is 1. The molecule has 1 unspecified atom stereocenters. The van der Waals surface area contributed by atoms with Crippen molar-refractivity contribution in [1.82, 2.24) is 10.6 Å². The fraction of sp³-hybridized carbons (Fsp3) is 0.370. The van der Waals surface area contributed by atoms with E-state index in [4.69, 9.17) is 4.74 Å². The molecule has 176 valence electrons. The third-order valence-corrected chi connectivity index (χ3v) is 6.57. The van der Waals surface area contributed by atoms with E-state index in [1.54, 1.807) is 6.92 Å². The molecule has 34 heavy (non-hydrogen) atoms. The molecule has 1 fully saturated rings. The van der Waals surface area contributed by atoms with Gasteiger partial charge >= 0.3 is 12.1 Å². The van der Waals surface area contributed by atoms with Gasteiger partial charge < -0.3 is 20.5 Å². The molecule has 2 aliphatic rings. The van der Waals surface area contributed by atoms with Crippen molar-refractivity contribution in [3.8, 4) is 23.0 Å². The van der Waals surface area contributed by atoms with Gasteiger partial charge in [0.05, 0.1) is 0 Å². The lowest BCUT2D eigenvalue weighted by molar-refractivity contribution is -0.142. The number of alkyl carbamates (subject to hydrolysis) is 1. The average molecular weight is 461 g/mol. The van der Waals surface area contributed by atoms with Crippen molar-refractivity contribution in [2.75, 3.05) is 6.61 Å². The smallest absolute Gasteiger partial charge is 0.407 e. The summed E-state index contributed by atoms with van der Waals surface area (Å²) in [6.45, 7) is 1.85. The number of nitrogens with one attached hydrogen (secondary N) is 2. The van der Waals surface area contributed by atoms with Crippen LogP contribution in [-0.4, -0.2) is 41.8 Å². The monoisotopic (exact) mass is 460 g/mol. The summed E-state index contributed by atoms with van der Waals surface area (Å²) in [4.78, 5) is 36.4. The Balaban J connectivity index is 1.29. The Labute approximate surface area is 198 Å². The second-order valence-electron chi connectivity index (χ2n) is 8.71. The molecule has 3 N–H and O–H groups in total. The zero-order chi connectivity index (χ0) is 24.1. The molecule has 0 bridgehead atoms. The van der Waals surface area contributed by atoms with Crippen LogP contribution in [0, 0.1) is 17.8 Å². The van der Waals surface area contributed by atoms with Gasteiger partial charge in [-0.05, 0) is 48.4 Å². The summed E-state index contributed by atoms with van der Waals surface area (Å²) in [5, 5.41) is 14.7. The molecule has 1 saturated carbocycles. The average Bonchev–Trinajstić information content (AvgIpc) is 3.43. The fourth-order valence-corrected chi connectivity index (χ4v) is 4.85. The van der Waals surface area contributed by atoms with Gasteiger partial charge in [0.15, 0.2) is 0 Å². The standard InChI is InChI=1S/C27H28N2O5/c1-2-3-12-24(26(31)32)29-25(30)17-13-14-18(15-17)28-27(33)34-16-23-21-10-6-4-8-19(21)20-9-5-7-11-22(20)23/h4-11,17-18,23-24H,12-16H2,1H3,(H,28,33)(H,29,30)(H,31,32)/t17-,18+,24?/m1/s1. The maximum Gasteiger partial charge on any atom is 0.407 e. The highest BCUT2D eigenvalue weighted by molar-refractivity contribution is 5.85. The topological polar surface area (TPSA) is 105 Å². The molecule has 0 spiro atoms. The highest BCUT2D eigenvalue weighted by Gasteiger charge is 2.34. The molecular formula is C27H28N2O5. The number of hydrogen-bond acceptors (Lipinski definition) is 4. The van der Waals surface area contributed by atoms with E-state index < -0.39 is 18.1 Å². The number of benzene rings is 2. The van der Waals surface area contributed by atoms with Crippen LogP contribution >= 0.6 is 0 Å². The van der Waals surface area contributed by atoms with Gasteiger partial charge in [-0.15, -0.1) is 11.8 Å². The molecular weight excluding hydrogens is 432 g/mol. The van der Waals surface area contributed by atoms with E-state index in [-0.39, 0.29) is 36.8 Å². The summed E-state index contributed by atoms with van der Waals surface area (Å²) in [5.41, 5.74) is 4.63. The van der Waals surface area contributed by atoms with Crippen LogP contribution in [0.25, 0.3) is 11.1 Å². The molecule has 2 aliphatic carbocycles. The van der Waals surface area contributed by atoms with Crippen LogP contribution in [0.5, 0.6) is 0 Å². The molecule has 7 heteroatoms. The van der Waals surface area contributed by atoms with Crippen molar-refractivity contribution in [3.05, 3.63) is 59.7 Å².